The van der Waals surface area contributed by atoms with Gasteiger partial charge in [0.2, 0.25) is 11.8 Å². The number of anilines is 1. The Morgan fingerprint density at radius 2 is 1.81 bits per heavy atom. The van der Waals surface area contributed by atoms with Crippen LogP contribution >= 0.6 is 0 Å². The summed E-state index contributed by atoms with van der Waals surface area (Å²) >= 11 is 0. The molecule has 2 amide bonds. The van der Waals surface area contributed by atoms with Gasteiger partial charge in [-0.3, -0.25) is 14.4 Å². The molecule has 1 saturated carbocycles. The topological polar surface area (TPSA) is 86.7 Å². The number of hydrogen-bond acceptors (Lipinski definition) is 3. The molecule has 0 spiro atoms. The molecule has 2 rings (SSSR count). The molecule has 1 fully saturated rings. The van der Waals surface area contributed by atoms with Crippen LogP contribution in [0.3, 0.4) is 0 Å². The first-order valence-corrected chi connectivity index (χ1v) is 8.61. The van der Waals surface area contributed by atoms with Crippen LogP contribution in [0.25, 0.3) is 0 Å². The van der Waals surface area contributed by atoms with Gasteiger partial charge in [0.25, 0.3) is 0 Å². The number of carbonyl (C=O) groups is 3. The molecular formula is C18H21F3N2O4. The number of amides is 2. The van der Waals surface area contributed by atoms with E-state index in [1.54, 1.807) is 6.92 Å². The Bertz CT molecular complexity index is 721. The lowest BCUT2D eigenvalue weighted by atomic mass is 10.0. The minimum Gasteiger partial charge on any atom is -0.481 e. The van der Waals surface area contributed by atoms with Crippen LogP contribution in [-0.2, 0) is 20.6 Å². The molecule has 148 valence electrons. The minimum absolute atomic E-state index is 0.196. The molecule has 6 nitrogen and oxygen atoms in total. The molecule has 1 aliphatic carbocycles. The number of halogens is 3. The molecule has 27 heavy (non-hydrogen) atoms. The molecule has 0 aliphatic heterocycles. The Morgan fingerprint density at radius 1 is 1.19 bits per heavy atom. The number of hydrogen-bond donors (Lipinski definition) is 2. The lowest BCUT2D eigenvalue weighted by Crippen LogP contribution is -2.41. The smallest absolute Gasteiger partial charge is 0.418 e. The second kappa shape index (κ2) is 8.41. The lowest BCUT2D eigenvalue weighted by Gasteiger charge is -2.24. The zero-order valence-corrected chi connectivity index (χ0v) is 14.8. The summed E-state index contributed by atoms with van der Waals surface area (Å²) in [5, 5.41) is 11.2. The maximum absolute atomic E-state index is 13.0. The average molecular weight is 386 g/mol. The number of carboxylic acid groups (broad SMARTS) is 1. The van der Waals surface area contributed by atoms with Crippen molar-refractivity contribution in [2.45, 2.75) is 32.4 Å². The minimum atomic E-state index is -4.61. The second-order valence-electron chi connectivity index (χ2n) is 6.49. The fourth-order valence-electron chi connectivity index (χ4n) is 3.24. The van der Waals surface area contributed by atoms with Crippen LogP contribution in [0, 0.1) is 11.8 Å². The van der Waals surface area contributed by atoms with Gasteiger partial charge >= 0.3 is 12.1 Å². The van der Waals surface area contributed by atoms with E-state index in [2.05, 4.69) is 5.32 Å². The average Bonchev–Trinajstić information content (AvgIpc) is 3.09. The summed E-state index contributed by atoms with van der Waals surface area (Å²) in [6, 6.07) is 4.60. The van der Waals surface area contributed by atoms with E-state index >= 15 is 0 Å². The zero-order valence-electron chi connectivity index (χ0n) is 14.8. The molecule has 0 heterocycles. The first kappa shape index (κ1) is 20.7. The van der Waals surface area contributed by atoms with Crippen molar-refractivity contribution in [1.82, 2.24) is 4.90 Å². The Kier molecular flexibility index (Phi) is 6.45. The number of carboxylic acids is 1. The molecular weight excluding hydrogens is 365 g/mol. The quantitative estimate of drug-likeness (QED) is 0.787. The number of nitrogens with one attached hydrogen (secondary N) is 1. The number of aliphatic carboxylic acids is 1. The number of benzene rings is 1. The van der Waals surface area contributed by atoms with Crippen molar-refractivity contribution in [2.75, 3.05) is 18.4 Å². The monoisotopic (exact) mass is 386 g/mol. The van der Waals surface area contributed by atoms with Gasteiger partial charge in [-0.2, -0.15) is 13.2 Å². The summed E-state index contributed by atoms with van der Waals surface area (Å²) in [5.74, 6) is -3.10. The van der Waals surface area contributed by atoms with Crippen LogP contribution in [0.15, 0.2) is 24.3 Å². The molecule has 9 heteroatoms. The second-order valence-corrected chi connectivity index (χ2v) is 6.49. The van der Waals surface area contributed by atoms with Gasteiger partial charge in [0.05, 0.1) is 23.7 Å². The SMILES string of the molecule is CCN(CC(=O)Nc1ccccc1C(F)(F)F)C(=O)[C@@H]1CC[C@H](C(=O)O)C1. The summed E-state index contributed by atoms with van der Waals surface area (Å²) in [7, 11) is 0. The summed E-state index contributed by atoms with van der Waals surface area (Å²) in [5.41, 5.74) is -1.34. The molecule has 0 saturated heterocycles. The van der Waals surface area contributed by atoms with Crippen LogP contribution in [0.1, 0.15) is 31.7 Å². The highest BCUT2D eigenvalue weighted by molar-refractivity contribution is 5.95. The Hall–Kier alpha value is -2.58. The van der Waals surface area contributed by atoms with E-state index in [4.69, 9.17) is 5.11 Å². The van der Waals surface area contributed by atoms with Gasteiger partial charge in [-0.05, 0) is 38.3 Å². The first-order valence-electron chi connectivity index (χ1n) is 8.61. The third kappa shape index (κ3) is 5.21. The van der Waals surface area contributed by atoms with Crippen LogP contribution < -0.4 is 5.32 Å². The van der Waals surface area contributed by atoms with E-state index in [-0.39, 0.29) is 24.6 Å². The number of rotatable bonds is 6. The van der Waals surface area contributed by atoms with Crippen molar-refractivity contribution in [3.05, 3.63) is 29.8 Å². The molecule has 1 aromatic carbocycles. The van der Waals surface area contributed by atoms with Gasteiger partial charge in [0.15, 0.2) is 0 Å². The standard InChI is InChI=1S/C18H21F3N2O4/c1-2-23(16(25)11-7-8-12(9-11)17(26)27)10-15(24)22-14-6-4-3-5-13(14)18(19,20)21/h3-6,11-12H,2,7-10H2,1H3,(H,22,24)(H,26,27)/t11-,12+/m1/s1. The molecule has 2 N–H and O–H groups in total. The maximum Gasteiger partial charge on any atom is 0.418 e. The van der Waals surface area contributed by atoms with E-state index in [1.807, 2.05) is 0 Å². The third-order valence-corrected chi connectivity index (χ3v) is 4.67. The van der Waals surface area contributed by atoms with E-state index in [9.17, 15) is 27.6 Å². The van der Waals surface area contributed by atoms with Crippen molar-refractivity contribution in [2.24, 2.45) is 11.8 Å². The van der Waals surface area contributed by atoms with E-state index < -0.39 is 42.0 Å². The molecule has 2 atom stereocenters. The van der Waals surface area contributed by atoms with Crippen molar-refractivity contribution < 1.29 is 32.7 Å². The van der Waals surface area contributed by atoms with Crippen molar-refractivity contribution >= 4 is 23.5 Å². The normalized spacial score (nSPS) is 19.6. The van der Waals surface area contributed by atoms with Crippen LogP contribution in [0.5, 0.6) is 0 Å². The Labute approximate surface area is 154 Å². The van der Waals surface area contributed by atoms with Gasteiger partial charge in [0, 0.05) is 12.5 Å². The number of nitrogens with zero attached hydrogens (tertiary/aromatic N) is 1. The summed E-state index contributed by atoms with van der Waals surface area (Å²) in [6.45, 7) is 1.45. The van der Waals surface area contributed by atoms with Gasteiger partial charge in [-0.1, -0.05) is 12.1 Å². The van der Waals surface area contributed by atoms with Crippen LogP contribution in [0.2, 0.25) is 0 Å². The van der Waals surface area contributed by atoms with Crippen molar-refractivity contribution in [1.29, 1.82) is 0 Å². The summed E-state index contributed by atoms with van der Waals surface area (Å²) in [6.07, 6.45) is -3.58. The maximum atomic E-state index is 13.0. The molecule has 1 aliphatic rings. The highest BCUT2D eigenvalue weighted by atomic mass is 19.4. The number of likely N-dealkylation sites (N-methyl/N-ethyl adjacent to an activating group) is 1. The van der Waals surface area contributed by atoms with Gasteiger partial charge in [0.1, 0.15) is 0 Å². The number of para-hydroxylation sites is 1. The predicted molar refractivity (Wildman–Crippen MR) is 90.8 cm³/mol. The summed E-state index contributed by atoms with van der Waals surface area (Å²) in [4.78, 5) is 37.0. The Morgan fingerprint density at radius 3 is 2.37 bits per heavy atom. The first-order chi connectivity index (χ1) is 12.6. The number of carbonyl (C=O) groups excluding carboxylic acids is 2. The van der Waals surface area contributed by atoms with Gasteiger partial charge in [-0.25, -0.2) is 0 Å². The predicted octanol–water partition coefficient (Wildman–Crippen LogP) is 2.99. The fourth-order valence-corrected chi connectivity index (χ4v) is 3.24. The molecule has 0 unspecified atom stereocenters. The third-order valence-electron chi connectivity index (χ3n) is 4.67. The summed E-state index contributed by atoms with van der Waals surface area (Å²) < 4.78 is 39.0. The van der Waals surface area contributed by atoms with Crippen LogP contribution in [-0.4, -0.2) is 40.9 Å². The van der Waals surface area contributed by atoms with Gasteiger partial charge in [-0.15, -0.1) is 0 Å². The van der Waals surface area contributed by atoms with E-state index in [1.165, 1.54) is 17.0 Å². The highest BCUT2D eigenvalue weighted by Crippen LogP contribution is 2.35. The van der Waals surface area contributed by atoms with E-state index in [0.29, 0.717) is 12.8 Å². The number of alkyl halides is 3. The Balaban J connectivity index is 2.02. The largest absolute Gasteiger partial charge is 0.481 e. The lowest BCUT2D eigenvalue weighted by molar-refractivity contribution is -0.142. The van der Waals surface area contributed by atoms with Crippen molar-refractivity contribution in [3.63, 3.8) is 0 Å². The van der Waals surface area contributed by atoms with Crippen molar-refractivity contribution in [3.8, 4) is 0 Å². The molecule has 0 radical (unpaired) electrons. The fraction of sp³-hybridized carbons (Fsp3) is 0.500. The highest BCUT2D eigenvalue weighted by Gasteiger charge is 2.36. The van der Waals surface area contributed by atoms with E-state index in [0.717, 1.165) is 12.1 Å². The van der Waals surface area contributed by atoms with Crippen LogP contribution in [0.4, 0.5) is 18.9 Å². The molecule has 0 bridgehead atoms. The zero-order chi connectivity index (χ0) is 20.2. The molecule has 0 aromatic heterocycles. The molecule has 1 aromatic rings. The van der Waals surface area contributed by atoms with Gasteiger partial charge < -0.3 is 15.3 Å².